The van der Waals surface area contributed by atoms with Gasteiger partial charge < -0.3 is 0 Å². The van der Waals surface area contributed by atoms with Crippen LogP contribution in [-0.4, -0.2) is 0 Å². The van der Waals surface area contributed by atoms with E-state index < -0.39 is 0 Å². The maximum atomic E-state index is 3.64. The van der Waals surface area contributed by atoms with E-state index in [9.17, 15) is 0 Å². The lowest BCUT2D eigenvalue weighted by Gasteiger charge is -2.33. The molecule has 10 rings (SSSR count). The van der Waals surface area contributed by atoms with Crippen LogP contribution in [-0.2, 0) is 11.8 Å². The van der Waals surface area contributed by atoms with Crippen LogP contribution in [0.5, 0.6) is 0 Å². The molecule has 0 saturated carbocycles. The van der Waals surface area contributed by atoms with E-state index in [1.807, 2.05) is 13.8 Å². The zero-order valence-electron chi connectivity index (χ0n) is 38.9. The third-order valence-corrected chi connectivity index (χ3v) is 13.1. The van der Waals surface area contributed by atoms with E-state index in [0.29, 0.717) is 5.92 Å². The molecule has 0 N–H and O–H groups in total. The van der Waals surface area contributed by atoms with Gasteiger partial charge in [-0.15, -0.1) is 5.73 Å². The molecule has 0 aliphatic heterocycles. The number of rotatable bonds is 8. The van der Waals surface area contributed by atoms with Gasteiger partial charge in [-0.3, -0.25) is 0 Å². The van der Waals surface area contributed by atoms with Gasteiger partial charge in [0.2, 0.25) is 0 Å². The van der Waals surface area contributed by atoms with Crippen molar-refractivity contribution >= 4 is 17.2 Å². The Bertz CT molecular complexity index is 2860. The summed E-state index contributed by atoms with van der Waals surface area (Å²) in [6.07, 6.45) is 23.1. The molecule has 1 unspecified atom stereocenters. The molecular formula is C64H62. The highest BCUT2D eigenvalue weighted by molar-refractivity contribution is 5.96. The average Bonchev–Trinajstić information content (AvgIpc) is 3.95. The fourth-order valence-electron chi connectivity index (χ4n) is 10.2. The van der Waals surface area contributed by atoms with Gasteiger partial charge in [0, 0.05) is 11.5 Å². The van der Waals surface area contributed by atoms with Gasteiger partial charge in [0.05, 0.1) is 5.41 Å². The molecule has 6 aromatic carbocycles. The first-order valence-corrected chi connectivity index (χ1v) is 23.5. The molecule has 6 aromatic rings. The summed E-state index contributed by atoms with van der Waals surface area (Å²) in [6, 6.07) is 53.0. The van der Waals surface area contributed by atoms with Crippen LogP contribution in [0.25, 0.3) is 39.5 Å². The molecule has 4 aliphatic rings. The average molecular weight is 831 g/mol. The Morgan fingerprint density at radius 1 is 0.625 bits per heavy atom. The van der Waals surface area contributed by atoms with Crippen molar-refractivity contribution in [3.8, 4) is 22.3 Å². The topological polar surface area (TPSA) is 0 Å². The fourth-order valence-corrected chi connectivity index (χ4v) is 10.2. The van der Waals surface area contributed by atoms with Crippen LogP contribution in [0.15, 0.2) is 216 Å². The minimum atomic E-state index is -0.289. The molecule has 1 atom stereocenters. The third-order valence-electron chi connectivity index (χ3n) is 13.1. The predicted octanol–water partition coefficient (Wildman–Crippen LogP) is 17.5. The summed E-state index contributed by atoms with van der Waals surface area (Å²) < 4.78 is 0. The molecule has 0 heteroatoms. The lowest BCUT2D eigenvalue weighted by atomic mass is 9.67. The molecule has 0 heterocycles. The van der Waals surface area contributed by atoms with Crippen LogP contribution < -0.4 is 0 Å². The number of benzene rings is 6. The Morgan fingerprint density at radius 2 is 1.23 bits per heavy atom. The van der Waals surface area contributed by atoms with Gasteiger partial charge >= 0.3 is 0 Å². The molecule has 318 valence electrons. The van der Waals surface area contributed by atoms with Gasteiger partial charge in [0.1, 0.15) is 0 Å². The fraction of sp³-hybridized carbons (Fsp3) is 0.203. The summed E-state index contributed by atoms with van der Waals surface area (Å²) in [4.78, 5) is 0. The predicted molar refractivity (Wildman–Crippen MR) is 277 cm³/mol. The quantitative estimate of drug-likeness (QED) is 0.134. The SMILES string of the molecule is CC.CC(C)=Cc1ccccc1-c1c(C2=CC=C(c3ccccc3)C2C)ccc(C)c1CC1=CCCCC=C1.CC1=C=C(C2(c3ccccc3)c3ccccc3-c3ccccc32)C=C1. The molecule has 0 spiro atoms. The highest BCUT2D eigenvalue weighted by atomic mass is 14.5. The van der Waals surface area contributed by atoms with Crippen LogP contribution in [0.1, 0.15) is 105 Å². The molecule has 0 fully saturated rings. The third kappa shape index (κ3) is 8.52. The molecule has 4 aliphatic carbocycles. The van der Waals surface area contributed by atoms with Gasteiger partial charge in [-0.25, -0.2) is 0 Å². The molecule has 0 radical (unpaired) electrons. The Morgan fingerprint density at radius 3 is 1.89 bits per heavy atom. The Hall–Kier alpha value is -6.72. The van der Waals surface area contributed by atoms with Gasteiger partial charge in [-0.05, 0) is 149 Å². The molecule has 0 nitrogen and oxygen atoms in total. The van der Waals surface area contributed by atoms with Crippen LogP contribution >= 0.6 is 0 Å². The summed E-state index contributed by atoms with van der Waals surface area (Å²) in [5.41, 5.74) is 27.5. The first-order chi connectivity index (χ1) is 31.3. The van der Waals surface area contributed by atoms with Gasteiger partial charge in [0.15, 0.2) is 0 Å². The number of allylic oxidation sites excluding steroid dienone is 12. The highest BCUT2D eigenvalue weighted by Gasteiger charge is 2.47. The number of aryl methyl sites for hydroxylation is 1. The second kappa shape index (κ2) is 19.8. The van der Waals surface area contributed by atoms with E-state index in [-0.39, 0.29) is 5.41 Å². The van der Waals surface area contributed by atoms with Crippen molar-refractivity contribution in [3.05, 3.63) is 261 Å². The highest BCUT2D eigenvalue weighted by Crippen LogP contribution is 2.57. The molecule has 0 bridgehead atoms. The lowest BCUT2D eigenvalue weighted by Crippen LogP contribution is -2.28. The molecule has 64 heavy (non-hydrogen) atoms. The largest absolute Gasteiger partial charge is 0.112 e. The summed E-state index contributed by atoms with van der Waals surface area (Å²) in [7, 11) is 0. The van der Waals surface area contributed by atoms with Crippen molar-refractivity contribution in [1.82, 2.24) is 0 Å². The number of hydrogen-bond donors (Lipinski definition) is 0. The first kappa shape index (κ1) is 43.9. The zero-order valence-corrected chi connectivity index (χ0v) is 38.9. The maximum Gasteiger partial charge on any atom is 0.0786 e. The molecule has 0 aromatic heterocycles. The second-order valence-corrected chi connectivity index (χ2v) is 17.5. The van der Waals surface area contributed by atoms with Crippen LogP contribution in [0, 0.1) is 12.8 Å². The van der Waals surface area contributed by atoms with E-state index in [2.05, 4.69) is 235 Å². The zero-order chi connectivity index (χ0) is 44.6. The van der Waals surface area contributed by atoms with Crippen LogP contribution in [0.4, 0.5) is 0 Å². The normalized spacial score (nSPS) is 16.3. The standard InChI is InChI=1S/C37H38.C25H18.C2H6/c1-26(2)24-31-18-12-13-19-34(31)37-35(33-23-22-32(28(33)4)30-16-10-7-11-17-30)21-20-27(3)36(37)25-29-14-8-5-6-9-15-29;1-18-15-16-20(17-18)25(19-9-3-2-4-10-19)23-13-7-5-11-21(23)22-12-6-8-14-24(22)25;1-2/h7-8,10-24,28H,5-6,9,25H2,1-4H3;2-16H,1H3;1-2H3. The van der Waals surface area contributed by atoms with E-state index in [0.717, 1.165) is 12.8 Å². The van der Waals surface area contributed by atoms with Crippen molar-refractivity contribution in [2.75, 3.05) is 0 Å². The summed E-state index contributed by atoms with van der Waals surface area (Å²) in [6.45, 7) is 15.1. The monoisotopic (exact) mass is 830 g/mol. The first-order valence-electron chi connectivity index (χ1n) is 23.5. The number of hydrogen-bond acceptors (Lipinski definition) is 0. The van der Waals surface area contributed by atoms with Crippen molar-refractivity contribution in [3.63, 3.8) is 0 Å². The molecular weight excluding hydrogens is 769 g/mol. The smallest absolute Gasteiger partial charge is 0.0786 e. The van der Waals surface area contributed by atoms with Crippen molar-refractivity contribution in [1.29, 1.82) is 0 Å². The molecule has 0 amide bonds. The van der Waals surface area contributed by atoms with Crippen molar-refractivity contribution in [2.45, 2.75) is 79.6 Å². The van der Waals surface area contributed by atoms with Gasteiger partial charge in [0.25, 0.3) is 0 Å². The Balaban J connectivity index is 0.000000180. The second-order valence-electron chi connectivity index (χ2n) is 17.5. The minimum Gasteiger partial charge on any atom is -0.112 e. The Labute approximate surface area is 383 Å². The van der Waals surface area contributed by atoms with E-state index in [1.165, 1.54) is 113 Å². The lowest BCUT2D eigenvalue weighted by molar-refractivity contribution is 0.770. The van der Waals surface area contributed by atoms with Crippen molar-refractivity contribution in [2.24, 2.45) is 5.92 Å². The van der Waals surface area contributed by atoms with Gasteiger partial charge in [-0.1, -0.05) is 214 Å². The number of fused-ring (bicyclic) bond motifs is 3. The van der Waals surface area contributed by atoms with Crippen LogP contribution in [0.3, 0.4) is 0 Å². The van der Waals surface area contributed by atoms with E-state index in [4.69, 9.17) is 0 Å². The summed E-state index contributed by atoms with van der Waals surface area (Å²) in [5.74, 6) is 0.337. The minimum absolute atomic E-state index is 0.289. The summed E-state index contributed by atoms with van der Waals surface area (Å²) >= 11 is 0. The van der Waals surface area contributed by atoms with Crippen LogP contribution in [0.2, 0.25) is 0 Å². The molecule has 0 saturated heterocycles. The summed E-state index contributed by atoms with van der Waals surface area (Å²) in [5, 5.41) is 0. The van der Waals surface area contributed by atoms with E-state index >= 15 is 0 Å². The maximum absolute atomic E-state index is 3.64. The Kier molecular flexibility index (Phi) is 13.6. The van der Waals surface area contributed by atoms with E-state index in [1.54, 1.807) is 0 Å². The van der Waals surface area contributed by atoms with Gasteiger partial charge in [-0.2, -0.15) is 0 Å². The van der Waals surface area contributed by atoms with Crippen molar-refractivity contribution < 1.29 is 0 Å².